The first kappa shape index (κ1) is 12.4. The lowest BCUT2D eigenvalue weighted by Crippen LogP contribution is -2.02. The summed E-state index contributed by atoms with van der Waals surface area (Å²) in [6, 6.07) is 9.42. The van der Waals surface area contributed by atoms with Crippen molar-refractivity contribution < 1.29 is 4.74 Å². The Morgan fingerprint density at radius 2 is 1.78 bits per heavy atom. The van der Waals surface area contributed by atoms with Crippen LogP contribution in [-0.4, -0.2) is 9.97 Å². The summed E-state index contributed by atoms with van der Waals surface area (Å²) >= 11 is 0. The van der Waals surface area contributed by atoms with Gasteiger partial charge >= 0.3 is 0 Å². The third-order valence-electron chi connectivity index (χ3n) is 2.50. The Labute approximate surface area is 107 Å². The van der Waals surface area contributed by atoms with Crippen LogP contribution in [0.25, 0.3) is 0 Å². The highest BCUT2D eigenvalue weighted by Crippen LogP contribution is 2.22. The van der Waals surface area contributed by atoms with Gasteiger partial charge in [0.25, 0.3) is 0 Å². The van der Waals surface area contributed by atoms with E-state index in [9.17, 15) is 0 Å². The van der Waals surface area contributed by atoms with Crippen molar-refractivity contribution in [1.29, 1.82) is 0 Å². The molecule has 18 heavy (non-hydrogen) atoms. The van der Waals surface area contributed by atoms with Gasteiger partial charge in [-0.2, -0.15) is 4.98 Å². The third kappa shape index (κ3) is 2.97. The number of nitrogens with zero attached hydrogens (tertiary/aromatic N) is 2. The van der Waals surface area contributed by atoms with Gasteiger partial charge in [0.15, 0.2) is 0 Å². The predicted octanol–water partition coefficient (Wildman–Crippen LogP) is 3.28. The van der Waals surface area contributed by atoms with E-state index in [2.05, 4.69) is 9.97 Å². The van der Waals surface area contributed by atoms with Gasteiger partial charge in [-0.1, -0.05) is 31.5 Å². The molecule has 1 heterocycles. The van der Waals surface area contributed by atoms with Gasteiger partial charge in [0.2, 0.25) is 5.88 Å². The zero-order valence-electron chi connectivity index (χ0n) is 10.8. The van der Waals surface area contributed by atoms with Crippen LogP contribution in [0.2, 0.25) is 0 Å². The first-order valence-electron chi connectivity index (χ1n) is 5.93. The monoisotopic (exact) mass is 243 g/mol. The smallest absolute Gasteiger partial charge is 0.224 e. The topological polar surface area (TPSA) is 61.0 Å². The average Bonchev–Trinajstić information content (AvgIpc) is 2.31. The molecule has 0 amide bonds. The molecule has 1 aromatic carbocycles. The molecular formula is C14H17N3O. The summed E-state index contributed by atoms with van der Waals surface area (Å²) in [5.41, 5.74) is 6.93. The Kier molecular flexibility index (Phi) is 3.46. The Morgan fingerprint density at radius 1 is 1.11 bits per heavy atom. The Bertz CT molecular complexity index is 535. The largest absolute Gasteiger partial charge is 0.439 e. The molecule has 0 atom stereocenters. The molecule has 0 saturated heterocycles. The molecule has 2 rings (SSSR count). The van der Waals surface area contributed by atoms with Crippen LogP contribution >= 0.6 is 0 Å². The SMILES string of the molecule is Cc1ccc(Oc2cc(N)nc(C(C)C)n2)cc1. The molecule has 0 fully saturated rings. The molecule has 0 spiro atoms. The van der Waals surface area contributed by atoms with E-state index in [0.717, 1.165) is 5.75 Å². The number of benzene rings is 1. The number of ether oxygens (including phenoxy) is 1. The van der Waals surface area contributed by atoms with E-state index < -0.39 is 0 Å². The van der Waals surface area contributed by atoms with Crippen molar-refractivity contribution in [2.24, 2.45) is 0 Å². The number of hydrogen-bond acceptors (Lipinski definition) is 4. The van der Waals surface area contributed by atoms with Crippen LogP contribution in [0.3, 0.4) is 0 Å². The summed E-state index contributed by atoms with van der Waals surface area (Å²) in [6.45, 7) is 6.07. The van der Waals surface area contributed by atoms with Gasteiger partial charge in [0.1, 0.15) is 17.4 Å². The number of hydrogen-bond donors (Lipinski definition) is 1. The number of nitrogens with two attached hydrogens (primary N) is 1. The van der Waals surface area contributed by atoms with Gasteiger partial charge < -0.3 is 10.5 Å². The fraction of sp³-hybridized carbons (Fsp3) is 0.286. The van der Waals surface area contributed by atoms with Crippen LogP contribution in [0.5, 0.6) is 11.6 Å². The van der Waals surface area contributed by atoms with E-state index in [-0.39, 0.29) is 5.92 Å². The fourth-order valence-electron chi connectivity index (χ4n) is 1.50. The van der Waals surface area contributed by atoms with Gasteiger partial charge in [-0.25, -0.2) is 4.98 Å². The highest BCUT2D eigenvalue weighted by atomic mass is 16.5. The number of anilines is 1. The van der Waals surface area contributed by atoms with Gasteiger partial charge in [-0.15, -0.1) is 0 Å². The fourth-order valence-corrected chi connectivity index (χ4v) is 1.50. The van der Waals surface area contributed by atoms with Gasteiger partial charge in [-0.3, -0.25) is 0 Å². The first-order valence-corrected chi connectivity index (χ1v) is 5.93. The van der Waals surface area contributed by atoms with Crippen molar-refractivity contribution in [1.82, 2.24) is 9.97 Å². The number of nitrogen functional groups attached to an aromatic ring is 1. The average molecular weight is 243 g/mol. The lowest BCUT2D eigenvalue weighted by molar-refractivity contribution is 0.457. The molecule has 0 bridgehead atoms. The maximum atomic E-state index is 5.74. The Morgan fingerprint density at radius 3 is 2.39 bits per heavy atom. The summed E-state index contributed by atoms with van der Waals surface area (Å²) in [7, 11) is 0. The second-order valence-corrected chi connectivity index (χ2v) is 4.56. The molecular weight excluding hydrogens is 226 g/mol. The molecule has 0 saturated carbocycles. The lowest BCUT2D eigenvalue weighted by atomic mass is 10.2. The van der Waals surface area contributed by atoms with E-state index in [1.165, 1.54) is 5.56 Å². The first-order chi connectivity index (χ1) is 8.54. The molecule has 4 heteroatoms. The van der Waals surface area contributed by atoms with E-state index in [4.69, 9.17) is 10.5 Å². The van der Waals surface area contributed by atoms with Crippen LogP contribution in [0.15, 0.2) is 30.3 Å². The van der Waals surface area contributed by atoms with Gasteiger partial charge in [-0.05, 0) is 19.1 Å². The van der Waals surface area contributed by atoms with Crippen molar-refractivity contribution in [3.63, 3.8) is 0 Å². The molecule has 4 nitrogen and oxygen atoms in total. The molecule has 1 aromatic heterocycles. The van der Waals surface area contributed by atoms with E-state index in [0.29, 0.717) is 17.5 Å². The zero-order chi connectivity index (χ0) is 13.1. The van der Waals surface area contributed by atoms with Crippen molar-refractivity contribution in [3.8, 4) is 11.6 Å². The second-order valence-electron chi connectivity index (χ2n) is 4.56. The highest BCUT2D eigenvalue weighted by Gasteiger charge is 2.08. The van der Waals surface area contributed by atoms with E-state index >= 15 is 0 Å². The molecule has 0 aliphatic rings. The maximum Gasteiger partial charge on any atom is 0.224 e. The standard InChI is InChI=1S/C14H17N3O/c1-9(2)14-16-12(15)8-13(17-14)18-11-6-4-10(3)5-7-11/h4-9H,1-3H3,(H2,15,16,17). The van der Waals surface area contributed by atoms with Crippen LogP contribution in [0, 0.1) is 6.92 Å². The summed E-state index contributed by atoms with van der Waals surface area (Å²) in [4.78, 5) is 8.51. The summed E-state index contributed by atoms with van der Waals surface area (Å²) in [5.74, 6) is 2.56. The lowest BCUT2D eigenvalue weighted by Gasteiger charge is -2.09. The molecule has 0 unspecified atom stereocenters. The van der Waals surface area contributed by atoms with Crippen LogP contribution in [0.1, 0.15) is 31.2 Å². The Balaban J connectivity index is 2.26. The molecule has 0 aliphatic carbocycles. The zero-order valence-corrected chi connectivity index (χ0v) is 10.8. The normalized spacial score (nSPS) is 10.7. The summed E-state index contributed by atoms with van der Waals surface area (Å²) < 4.78 is 5.67. The van der Waals surface area contributed by atoms with Crippen LogP contribution < -0.4 is 10.5 Å². The molecule has 0 radical (unpaired) electrons. The van der Waals surface area contributed by atoms with E-state index in [1.807, 2.05) is 45.0 Å². The van der Waals surface area contributed by atoms with Crippen molar-refractivity contribution in [2.75, 3.05) is 5.73 Å². The highest BCUT2D eigenvalue weighted by molar-refractivity contribution is 5.36. The minimum Gasteiger partial charge on any atom is -0.439 e. The minimum atomic E-state index is 0.217. The molecule has 94 valence electrons. The maximum absolute atomic E-state index is 5.74. The second kappa shape index (κ2) is 5.04. The van der Waals surface area contributed by atoms with E-state index in [1.54, 1.807) is 6.07 Å². The quantitative estimate of drug-likeness (QED) is 0.898. The molecule has 2 N–H and O–H groups in total. The Hall–Kier alpha value is -2.10. The number of aromatic nitrogens is 2. The van der Waals surface area contributed by atoms with Gasteiger partial charge in [0, 0.05) is 12.0 Å². The number of aryl methyl sites for hydroxylation is 1. The van der Waals surface area contributed by atoms with Crippen LogP contribution in [0.4, 0.5) is 5.82 Å². The van der Waals surface area contributed by atoms with Crippen molar-refractivity contribution >= 4 is 5.82 Å². The van der Waals surface area contributed by atoms with Gasteiger partial charge in [0.05, 0.1) is 0 Å². The predicted molar refractivity (Wildman–Crippen MR) is 71.8 cm³/mol. The molecule has 0 aliphatic heterocycles. The summed E-state index contributed by atoms with van der Waals surface area (Å²) in [5, 5.41) is 0. The third-order valence-corrected chi connectivity index (χ3v) is 2.50. The molecule has 2 aromatic rings. The number of rotatable bonds is 3. The summed E-state index contributed by atoms with van der Waals surface area (Å²) in [6.07, 6.45) is 0. The van der Waals surface area contributed by atoms with Crippen molar-refractivity contribution in [3.05, 3.63) is 41.7 Å². The van der Waals surface area contributed by atoms with Crippen molar-refractivity contribution in [2.45, 2.75) is 26.7 Å². The van der Waals surface area contributed by atoms with Crippen LogP contribution in [-0.2, 0) is 0 Å². The minimum absolute atomic E-state index is 0.217.